The van der Waals surface area contributed by atoms with Crippen molar-refractivity contribution in [3.8, 4) is 0 Å². The van der Waals surface area contributed by atoms with Gasteiger partial charge in [-0.2, -0.15) is 0 Å². The molecule has 0 unspecified atom stereocenters. The van der Waals surface area contributed by atoms with Crippen LogP contribution in [0.5, 0.6) is 0 Å². The van der Waals surface area contributed by atoms with Crippen molar-refractivity contribution in [2.75, 3.05) is 6.54 Å². The number of aliphatic carboxylic acids is 1. The van der Waals surface area contributed by atoms with Crippen molar-refractivity contribution < 1.29 is 14.7 Å². The van der Waals surface area contributed by atoms with Gasteiger partial charge in [-0.05, 0) is 32.4 Å². The van der Waals surface area contributed by atoms with Crippen LogP contribution in [0.1, 0.15) is 19.8 Å². The Hall–Kier alpha value is -1.36. The molecule has 5 nitrogen and oxygen atoms in total. The summed E-state index contributed by atoms with van der Waals surface area (Å²) < 4.78 is 0. The highest BCUT2D eigenvalue weighted by molar-refractivity contribution is 5.90. The Kier molecular flexibility index (Phi) is 6.39. The van der Waals surface area contributed by atoms with Gasteiger partial charge in [0.05, 0.1) is 0 Å². The molecule has 5 heteroatoms. The lowest BCUT2D eigenvalue weighted by atomic mass is 10.1. The van der Waals surface area contributed by atoms with Crippen LogP contribution in [0, 0.1) is 0 Å². The number of amides is 1. The van der Waals surface area contributed by atoms with E-state index in [4.69, 9.17) is 10.8 Å². The fourth-order valence-electron chi connectivity index (χ4n) is 0.951. The molecule has 0 aliphatic rings. The van der Waals surface area contributed by atoms with E-state index in [1.165, 1.54) is 6.08 Å². The van der Waals surface area contributed by atoms with Gasteiger partial charge in [-0.15, -0.1) is 0 Å². The van der Waals surface area contributed by atoms with E-state index in [-0.39, 0.29) is 0 Å². The molecule has 0 heterocycles. The second kappa shape index (κ2) is 7.08. The fourth-order valence-corrected chi connectivity index (χ4v) is 0.951. The minimum atomic E-state index is -1.03. The molecule has 4 N–H and O–H groups in total. The summed E-state index contributed by atoms with van der Waals surface area (Å²) >= 11 is 0. The monoisotopic (exact) mass is 200 g/mol. The zero-order valence-electron chi connectivity index (χ0n) is 8.19. The summed E-state index contributed by atoms with van der Waals surface area (Å²) in [6.45, 7) is 2.11. The average molecular weight is 200 g/mol. The molecule has 1 amide bonds. The van der Waals surface area contributed by atoms with Gasteiger partial charge in [0.1, 0.15) is 6.04 Å². The normalized spacial score (nSPS) is 12.7. The molecule has 80 valence electrons. The maximum Gasteiger partial charge on any atom is 0.326 e. The highest BCUT2D eigenvalue weighted by Gasteiger charge is 2.17. The maximum absolute atomic E-state index is 11.0. The van der Waals surface area contributed by atoms with Crippen LogP contribution in [0.2, 0.25) is 0 Å². The van der Waals surface area contributed by atoms with Gasteiger partial charge in [0.15, 0.2) is 0 Å². The van der Waals surface area contributed by atoms with E-state index in [9.17, 15) is 9.59 Å². The zero-order valence-corrected chi connectivity index (χ0v) is 8.19. The van der Waals surface area contributed by atoms with Crippen LogP contribution < -0.4 is 11.1 Å². The molecule has 0 fully saturated rings. The first kappa shape index (κ1) is 12.6. The highest BCUT2D eigenvalue weighted by Crippen LogP contribution is 1.96. The number of carbonyl (C=O) groups is 2. The topological polar surface area (TPSA) is 92.4 Å². The van der Waals surface area contributed by atoms with E-state index in [1.807, 2.05) is 0 Å². The van der Waals surface area contributed by atoms with E-state index >= 15 is 0 Å². The predicted octanol–water partition coefficient (Wildman–Crippen LogP) is -0.129. The maximum atomic E-state index is 11.0. The molecule has 0 aromatic carbocycles. The van der Waals surface area contributed by atoms with Gasteiger partial charge in [0.2, 0.25) is 5.91 Å². The van der Waals surface area contributed by atoms with Gasteiger partial charge in [-0.25, -0.2) is 4.79 Å². The lowest BCUT2D eigenvalue weighted by molar-refractivity contribution is -0.141. The third-order valence-electron chi connectivity index (χ3n) is 1.63. The summed E-state index contributed by atoms with van der Waals surface area (Å²) in [4.78, 5) is 21.7. The molecule has 0 saturated heterocycles. The van der Waals surface area contributed by atoms with Crippen LogP contribution >= 0.6 is 0 Å². The fraction of sp³-hybridized carbons (Fsp3) is 0.556. The van der Waals surface area contributed by atoms with Crippen molar-refractivity contribution in [2.45, 2.75) is 25.8 Å². The first-order valence-electron chi connectivity index (χ1n) is 4.48. The molecule has 0 rings (SSSR count). The Balaban J connectivity index is 4.08. The van der Waals surface area contributed by atoms with Gasteiger partial charge in [-0.1, -0.05) is 6.08 Å². The standard InChI is InChI=1S/C9H16N2O3/c1-2-4-8(12)11-7(9(13)14)5-3-6-10/h2,4,7H,3,5-6,10H2,1H3,(H,11,12)(H,13,14)/b4-2+/t7-/m0/s1. The first-order valence-corrected chi connectivity index (χ1v) is 4.48. The van der Waals surface area contributed by atoms with Crippen molar-refractivity contribution in [3.05, 3.63) is 12.2 Å². The highest BCUT2D eigenvalue weighted by atomic mass is 16.4. The molecule has 14 heavy (non-hydrogen) atoms. The Bertz CT molecular complexity index is 226. The Morgan fingerprint density at radius 1 is 1.57 bits per heavy atom. The van der Waals surface area contributed by atoms with Crippen LogP contribution in [0.4, 0.5) is 0 Å². The quantitative estimate of drug-likeness (QED) is 0.521. The van der Waals surface area contributed by atoms with Crippen molar-refractivity contribution in [1.82, 2.24) is 5.32 Å². The number of hydrogen-bond donors (Lipinski definition) is 3. The van der Waals surface area contributed by atoms with E-state index in [1.54, 1.807) is 13.0 Å². The number of carbonyl (C=O) groups excluding carboxylic acids is 1. The molecule has 0 spiro atoms. The van der Waals surface area contributed by atoms with Crippen LogP contribution in [0.25, 0.3) is 0 Å². The second-order valence-corrected chi connectivity index (χ2v) is 2.83. The molecular weight excluding hydrogens is 184 g/mol. The third kappa shape index (κ3) is 5.31. The molecule has 0 aromatic rings. The molecule has 0 aliphatic carbocycles. The van der Waals surface area contributed by atoms with Crippen molar-refractivity contribution >= 4 is 11.9 Å². The van der Waals surface area contributed by atoms with Crippen LogP contribution in [-0.2, 0) is 9.59 Å². The summed E-state index contributed by atoms with van der Waals surface area (Å²) in [6.07, 6.45) is 3.78. The number of allylic oxidation sites excluding steroid dienone is 1. The Labute approximate surface area is 83.0 Å². The molecule has 0 aromatic heterocycles. The number of hydrogen-bond acceptors (Lipinski definition) is 3. The SMILES string of the molecule is C/C=C/C(=O)N[C@@H](CCCN)C(=O)O. The predicted molar refractivity (Wildman–Crippen MR) is 52.7 cm³/mol. The van der Waals surface area contributed by atoms with Crippen molar-refractivity contribution in [2.24, 2.45) is 5.73 Å². The summed E-state index contributed by atoms with van der Waals surface area (Å²) in [5, 5.41) is 11.1. The van der Waals surface area contributed by atoms with Gasteiger partial charge in [-0.3, -0.25) is 4.79 Å². The smallest absolute Gasteiger partial charge is 0.326 e. The molecule has 0 radical (unpaired) electrons. The molecule has 0 aliphatic heterocycles. The molecule has 0 saturated carbocycles. The summed E-state index contributed by atoms with van der Waals surface area (Å²) in [5.74, 6) is -1.42. The summed E-state index contributed by atoms with van der Waals surface area (Å²) in [7, 11) is 0. The van der Waals surface area contributed by atoms with Crippen LogP contribution in [0.15, 0.2) is 12.2 Å². The number of carboxylic acids is 1. The summed E-state index contributed by atoms with van der Waals surface area (Å²) in [6, 6.07) is -0.845. The molecule has 1 atom stereocenters. The minimum Gasteiger partial charge on any atom is -0.480 e. The van der Waals surface area contributed by atoms with Crippen LogP contribution in [0.3, 0.4) is 0 Å². The van der Waals surface area contributed by atoms with E-state index < -0.39 is 17.9 Å². The van der Waals surface area contributed by atoms with E-state index in [0.29, 0.717) is 19.4 Å². The van der Waals surface area contributed by atoms with Gasteiger partial charge in [0.25, 0.3) is 0 Å². The summed E-state index contributed by atoms with van der Waals surface area (Å²) in [5.41, 5.74) is 5.25. The third-order valence-corrected chi connectivity index (χ3v) is 1.63. The Morgan fingerprint density at radius 3 is 2.64 bits per heavy atom. The number of nitrogens with two attached hydrogens (primary N) is 1. The zero-order chi connectivity index (χ0) is 11.0. The van der Waals surface area contributed by atoms with E-state index in [0.717, 1.165) is 0 Å². The van der Waals surface area contributed by atoms with Crippen molar-refractivity contribution in [3.63, 3.8) is 0 Å². The molecule has 0 bridgehead atoms. The number of rotatable bonds is 6. The van der Waals surface area contributed by atoms with Gasteiger partial charge >= 0.3 is 5.97 Å². The van der Waals surface area contributed by atoms with Gasteiger partial charge in [0, 0.05) is 0 Å². The lowest BCUT2D eigenvalue weighted by Gasteiger charge is -2.12. The first-order chi connectivity index (χ1) is 6.61. The van der Waals surface area contributed by atoms with Gasteiger partial charge < -0.3 is 16.2 Å². The number of carboxylic acid groups (broad SMARTS) is 1. The van der Waals surface area contributed by atoms with Crippen LogP contribution in [-0.4, -0.2) is 29.6 Å². The van der Waals surface area contributed by atoms with E-state index in [2.05, 4.69) is 5.32 Å². The largest absolute Gasteiger partial charge is 0.480 e. The number of nitrogens with one attached hydrogen (secondary N) is 1. The lowest BCUT2D eigenvalue weighted by Crippen LogP contribution is -2.40. The minimum absolute atomic E-state index is 0.356. The molecular formula is C9H16N2O3. The Morgan fingerprint density at radius 2 is 2.21 bits per heavy atom. The average Bonchev–Trinajstić information content (AvgIpc) is 2.12. The van der Waals surface area contributed by atoms with Crippen molar-refractivity contribution in [1.29, 1.82) is 0 Å². The second-order valence-electron chi connectivity index (χ2n) is 2.83.